The second kappa shape index (κ2) is 8.87. The Morgan fingerprint density at radius 2 is 1.69 bits per heavy atom. The zero-order valence-electron chi connectivity index (χ0n) is 19.0. The van der Waals surface area contributed by atoms with E-state index in [2.05, 4.69) is 0 Å². The number of fused-ring (bicyclic) bond motifs is 2. The van der Waals surface area contributed by atoms with E-state index in [0.29, 0.717) is 29.2 Å². The number of amides is 1. The molecule has 0 spiro atoms. The summed E-state index contributed by atoms with van der Waals surface area (Å²) in [7, 11) is 1.50. The fourth-order valence-electron chi connectivity index (χ4n) is 4.42. The van der Waals surface area contributed by atoms with Crippen LogP contribution in [0.1, 0.15) is 40.2 Å². The largest absolute Gasteiger partial charge is 0.493 e. The van der Waals surface area contributed by atoms with Crippen molar-refractivity contribution < 1.29 is 27.5 Å². The van der Waals surface area contributed by atoms with Crippen LogP contribution in [0.3, 0.4) is 0 Å². The lowest BCUT2D eigenvalue weighted by molar-refractivity contribution is 0.0714. The standard InChI is InChI=1S/C27H21F2NO5/c1-3-34-21-10-6-16(12-22(21)33-2)24-23-25(31)19-13-18(29)9-11-20(19)35-26(23)27(32)30(24)14-15-4-7-17(28)8-5-15/h4-13,24H,3,14H2,1-2H3. The number of nitrogens with zero attached hydrogens (tertiary/aromatic N) is 1. The van der Waals surface area contributed by atoms with Gasteiger partial charge in [0.2, 0.25) is 5.76 Å². The molecule has 3 aromatic carbocycles. The average Bonchev–Trinajstić information content (AvgIpc) is 3.13. The Bertz CT molecular complexity index is 1500. The van der Waals surface area contributed by atoms with Gasteiger partial charge >= 0.3 is 0 Å². The summed E-state index contributed by atoms with van der Waals surface area (Å²) in [5, 5.41) is 0.0445. The number of ether oxygens (including phenoxy) is 2. The molecule has 0 fully saturated rings. The Balaban J connectivity index is 1.71. The van der Waals surface area contributed by atoms with Crippen LogP contribution >= 0.6 is 0 Å². The van der Waals surface area contributed by atoms with Crippen LogP contribution in [-0.4, -0.2) is 24.5 Å². The number of hydrogen-bond acceptors (Lipinski definition) is 5. The third-order valence-electron chi connectivity index (χ3n) is 6.00. The summed E-state index contributed by atoms with van der Waals surface area (Å²) >= 11 is 0. The van der Waals surface area contributed by atoms with Crippen LogP contribution < -0.4 is 14.9 Å². The van der Waals surface area contributed by atoms with Crippen molar-refractivity contribution in [3.8, 4) is 11.5 Å². The summed E-state index contributed by atoms with van der Waals surface area (Å²) in [4.78, 5) is 28.6. The monoisotopic (exact) mass is 477 g/mol. The zero-order valence-corrected chi connectivity index (χ0v) is 19.0. The first-order valence-corrected chi connectivity index (χ1v) is 11.0. The molecule has 1 unspecified atom stereocenters. The summed E-state index contributed by atoms with van der Waals surface area (Å²) in [6.07, 6.45) is 0. The number of carbonyl (C=O) groups is 1. The number of rotatable bonds is 6. The molecule has 1 amide bonds. The molecule has 1 aromatic heterocycles. The first-order chi connectivity index (χ1) is 16.9. The van der Waals surface area contributed by atoms with Gasteiger partial charge in [0.15, 0.2) is 16.9 Å². The van der Waals surface area contributed by atoms with Gasteiger partial charge in [-0.3, -0.25) is 9.59 Å². The number of methoxy groups -OCH3 is 1. The fraction of sp³-hybridized carbons (Fsp3) is 0.185. The number of benzene rings is 3. The van der Waals surface area contributed by atoms with Crippen molar-refractivity contribution in [3.63, 3.8) is 0 Å². The molecule has 2 heterocycles. The zero-order chi connectivity index (χ0) is 24.7. The molecule has 1 aliphatic rings. The van der Waals surface area contributed by atoms with Crippen molar-refractivity contribution in [2.75, 3.05) is 13.7 Å². The van der Waals surface area contributed by atoms with E-state index in [1.165, 1.54) is 36.3 Å². The molecule has 1 atom stereocenters. The lowest BCUT2D eigenvalue weighted by Crippen LogP contribution is -2.29. The van der Waals surface area contributed by atoms with Gasteiger partial charge in [-0.2, -0.15) is 0 Å². The summed E-state index contributed by atoms with van der Waals surface area (Å²) in [6, 6.07) is 13.7. The molecule has 8 heteroatoms. The molecule has 1 aliphatic heterocycles. The molecule has 0 bridgehead atoms. The predicted molar refractivity (Wildman–Crippen MR) is 125 cm³/mol. The smallest absolute Gasteiger partial charge is 0.291 e. The summed E-state index contributed by atoms with van der Waals surface area (Å²) in [5.41, 5.74) is 0.992. The molecule has 0 saturated carbocycles. The molecule has 4 aromatic rings. The van der Waals surface area contributed by atoms with E-state index >= 15 is 0 Å². The van der Waals surface area contributed by atoms with Gasteiger partial charge in [0.1, 0.15) is 17.2 Å². The first kappa shape index (κ1) is 22.6. The highest BCUT2D eigenvalue weighted by Crippen LogP contribution is 2.41. The minimum atomic E-state index is -0.837. The van der Waals surface area contributed by atoms with E-state index < -0.39 is 29.0 Å². The number of carbonyl (C=O) groups excluding carboxylic acids is 1. The van der Waals surface area contributed by atoms with Crippen molar-refractivity contribution in [2.45, 2.75) is 19.5 Å². The van der Waals surface area contributed by atoms with Gasteiger partial charge in [-0.1, -0.05) is 18.2 Å². The minimum Gasteiger partial charge on any atom is -0.493 e. The van der Waals surface area contributed by atoms with Gasteiger partial charge in [0.05, 0.1) is 30.7 Å². The molecule has 0 N–H and O–H groups in total. The van der Waals surface area contributed by atoms with Gasteiger partial charge in [-0.25, -0.2) is 8.78 Å². The third kappa shape index (κ3) is 3.90. The Morgan fingerprint density at radius 3 is 2.40 bits per heavy atom. The normalized spacial score (nSPS) is 14.9. The fourth-order valence-corrected chi connectivity index (χ4v) is 4.42. The van der Waals surface area contributed by atoms with E-state index in [0.717, 1.165) is 6.07 Å². The lowest BCUT2D eigenvalue weighted by Gasteiger charge is -2.26. The van der Waals surface area contributed by atoms with E-state index in [1.807, 2.05) is 6.92 Å². The maximum Gasteiger partial charge on any atom is 0.291 e. The van der Waals surface area contributed by atoms with Crippen molar-refractivity contribution in [1.82, 2.24) is 4.90 Å². The summed E-state index contributed by atoms with van der Waals surface area (Å²) < 4.78 is 44.3. The predicted octanol–water partition coefficient (Wildman–Crippen LogP) is 5.22. The molecule has 178 valence electrons. The van der Waals surface area contributed by atoms with Gasteiger partial charge in [0.25, 0.3) is 5.91 Å². The van der Waals surface area contributed by atoms with Crippen LogP contribution in [0.5, 0.6) is 11.5 Å². The molecule has 0 saturated heterocycles. The van der Waals surface area contributed by atoms with E-state index in [-0.39, 0.29) is 28.8 Å². The molecule has 0 radical (unpaired) electrons. The van der Waals surface area contributed by atoms with Crippen LogP contribution in [0.2, 0.25) is 0 Å². The maximum atomic E-state index is 14.0. The van der Waals surface area contributed by atoms with Crippen LogP contribution in [-0.2, 0) is 6.54 Å². The molecule has 6 nitrogen and oxygen atoms in total. The lowest BCUT2D eigenvalue weighted by atomic mass is 9.97. The first-order valence-electron chi connectivity index (χ1n) is 11.0. The Hall–Kier alpha value is -4.20. The van der Waals surface area contributed by atoms with E-state index in [4.69, 9.17) is 13.9 Å². The van der Waals surface area contributed by atoms with Crippen LogP contribution in [0.15, 0.2) is 69.9 Å². The highest BCUT2D eigenvalue weighted by molar-refractivity contribution is 5.99. The van der Waals surface area contributed by atoms with Crippen molar-refractivity contribution >= 4 is 16.9 Å². The van der Waals surface area contributed by atoms with Crippen molar-refractivity contribution in [2.24, 2.45) is 0 Å². The summed E-state index contributed by atoms with van der Waals surface area (Å²) in [5.74, 6) is -0.636. The SMILES string of the molecule is CCOc1ccc(C2c3c(oc4ccc(F)cc4c3=O)C(=O)N2Cc2ccc(F)cc2)cc1OC. The van der Waals surface area contributed by atoms with Crippen LogP contribution in [0.25, 0.3) is 11.0 Å². The van der Waals surface area contributed by atoms with Crippen molar-refractivity contribution in [1.29, 1.82) is 0 Å². The maximum absolute atomic E-state index is 14.0. The quantitative estimate of drug-likeness (QED) is 0.381. The number of halogens is 2. The Labute approximate surface area is 199 Å². The molecule has 5 rings (SSSR count). The van der Waals surface area contributed by atoms with E-state index in [1.54, 1.807) is 30.3 Å². The second-order valence-electron chi connectivity index (χ2n) is 8.12. The molecule has 35 heavy (non-hydrogen) atoms. The molecular weight excluding hydrogens is 456 g/mol. The van der Waals surface area contributed by atoms with Gasteiger partial charge in [-0.05, 0) is 60.5 Å². The van der Waals surface area contributed by atoms with Gasteiger partial charge in [0, 0.05) is 6.54 Å². The highest BCUT2D eigenvalue weighted by atomic mass is 19.1. The van der Waals surface area contributed by atoms with Crippen molar-refractivity contribution in [3.05, 3.63) is 105 Å². The topological polar surface area (TPSA) is 69.0 Å². The Morgan fingerprint density at radius 1 is 0.943 bits per heavy atom. The van der Waals surface area contributed by atoms with E-state index in [9.17, 15) is 18.4 Å². The molecule has 0 aliphatic carbocycles. The highest BCUT2D eigenvalue weighted by Gasteiger charge is 2.43. The average molecular weight is 477 g/mol. The molecular formula is C27H21F2NO5. The van der Waals surface area contributed by atoms with Crippen LogP contribution in [0, 0.1) is 11.6 Å². The second-order valence-corrected chi connectivity index (χ2v) is 8.12. The van der Waals surface area contributed by atoms with Crippen LogP contribution in [0.4, 0.5) is 8.78 Å². The van der Waals surface area contributed by atoms with Gasteiger partial charge in [-0.15, -0.1) is 0 Å². The third-order valence-corrected chi connectivity index (χ3v) is 6.00. The summed E-state index contributed by atoms with van der Waals surface area (Å²) in [6.45, 7) is 2.37. The number of hydrogen-bond donors (Lipinski definition) is 0. The van der Waals surface area contributed by atoms with Gasteiger partial charge < -0.3 is 18.8 Å². The Kier molecular flexibility index (Phi) is 5.72. The minimum absolute atomic E-state index is 0.0445.